The molecule has 1 saturated carbocycles. The summed E-state index contributed by atoms with van der Waals surface area (Å²) in [5.74, 6) is -0.117. The normalized spacial score (nSPS) is 17.8. The van der Waals surface area contributed by atoms with E-state index in [0.717, 1.165) is 18.4 Å². The fourth-order valence-corrected chi connectivity index (χ4v) is 1.75. The van der Waals surface area contributed by atoms with E-state index in [1.54, 1.807) is 12.1 Å². The summed E-state index contributed by atoms with van der Waals surface area (Å²) in [4.78, 5) is 4.48. The number of halogens is 4. The van der Waals surface area contributed by atoms with Gasteiger partial charge >= 0.3 is 6.18 Å². The van der Waals surface area contributed by atoms with E-state index >= 15 is 0 Å². The standard InChI is InChI=1S/C12H13F4NO/c13-10-5-3-9(4-6-10)11(8-1-2-8)17-18-7-12(14,15)16/h3-6,8,11,17H,1-2,7H2. The van der Waals surface area contributed by atoms with Gasteiger partial charge in [-0.15, -0.1) is 0 Å². The summed E-state index contributed by atoms with van der Waals surface area (Å²) in [6.07, 6.45) is -2.49. The minimum atomic E-state index is -4.36. The van der Waals surface area contributed by atoms with Crippen molar-refractivity contribution in [2.75, 3.05) is 6.61 Å². The van der Waals surface area contributed by atoms with Crippen molar-refractivity contribution in [2.24, 2.45) is 5.92 Å². The first-order valence-corrected chi connectivity index (χ1v) is 5.65. The molecule has 1 atom stereocenters. The zero-order valence-corrected chi connectivity index (χ0v) is 9.51. The third-order valence-corrected chi connectivity index (χ3v) is 2.77. The quantitative estimate of drug-likeness (QED) is 0.649. The summed E-state index contributed by atoms with van der Waals surface area (Å²) in [5.41, 5.74) is 3.17. The Kier molecular flexibility index (Phi) is 3.87. The average Bonchev–Trinajstić information content (AvgIpc) is 3.08. The number of hydrogen-bond donors (Lipinski definition) is 1. The van der Waals surface area contributed by atoms with E-state index in [1.165, 1.54) is 12.1 Å². The third-order valence-electron chi connectivity index (χ3n) is 2.77. The number of nitrogens with one attached hydrogen (secondary N) is 1. The van der Waals surface area contributed by atoms with Crippen LogP contribution >= 0.6 is 0 Å². The number of rotatable bonds is 5. The van der Waals surface area contributed by atoms with Crippen LogP contribution in [-0.4, -0.2) is 12.8 Å². The van der Waals surface area contributed by atoms with Crippen LogP contribution in [0, 0.1) is 11.7 Å². The van der Waals surface area contributed by atoms with Gasteiger partial charge in [-0.1, -0.05) is 12.1 Å². The van der Waals surface area contributed by atoms with E-state index < -0.39 is 12.8 Å². The SMILES string of the molecule is Fc1ccc(C(NOCC(F)(F)F)C2CC2)cc1. The van der Waals surface area contributed by atoms with Crippen molar-refractivity contribution in [3.05, 3.63) is 35.6 Å². The van der Waals surface area contributed by atoms with Crippen LogP contribution in [0.2, 0.25) is 0 Å². The second kappa shape index (κ2) is 5.24. The first-order chi connectivity index (χ1) is 8.46. The van der Waals surface area contributed by atoms with Crippen LogP contribution in [0.15, 0.2) is 24.3 Å². The zero-order chi connectivity index (χ0) is 13.2. The van der Waals surface area contributed by atoms with Gasteiger partial charge in [0.25, 0.3) is 0 Å². The van der Waals surface area contributed by atoms with E-state index in [1.807, 2.05) is 0 Å². The Balaban J connectivity index is 1.94. The van der Waals surface area contributed by atoms with Crippen molar-refractivity contribution < 1.29 is 22.4 Å². The highest BCUT2D eigenvalue weighted by atomic mass is 19.4. The van der Waals surface area contributed by atoms with Crippen molar-refractivity contribution >= 4 is 0 Å². The Morgan fingerprint density at radius 3 is 2.33 bits per heavy atom. The molecular weight excluding hydrogens is 250 g/mol. The monoisotopic (exact) mass is 263 g/mol. The molecule has 100 valence electrons. The molecule has 1 aliphatic rings. The Morgan fingerprint density at radius 1 is 1.22 bits per heavy atom. The molecule has 6 heteroatoms. The number of hydroxylamine groups is 1. The molecule has 1 N–H and O–H groups in total. The van der Waals surface area contributed by atoms with E-state index in [-0.39, 0.29) is 17.8 Å². The van der Waals surface area contributed by atoms with Gasteiger partial charge in [-0.2, -0.15) is 18.7 Å². The van der Waals surface area contributed by atoms with Gasteiger partial charge in [-0.3, -0.25) is 4.84 Å². The van der Waals surface area contributed by atoms with Crippen LogP contribution in [0.1, 0.15) is 24.4 Å². The number of benzene rings is 1. The molecule has 0 spiro atoms. The summed E-state index contributed by atoms with van der Waals surface area (Å²) < 4.78 is 48.7. The van der Waals surface area contributed by atoms with Crippen molar-refractivity contribution in [1.29, 1.82) is 0 Å². The van der Waals surface area contributed by atoms with Crippen LogP contribution in [0.25, 0.3) is 0 Å². The highest BCUT2D eigenvalue weighted by Crippen LogP contribution is 2.41. The maximum absolute atomic E-state index is 12.8. The van der Waals surface area contributed by atoms with Gasteiger partial charge in [0.05, 0.1) is 6.04 Å². The molecule has 0 heterocycles. The molecule has 1 aromatic rings. The van der Waals surface area contributed by atoms with Crippen LogP contribution in [0.4, 0.5) is 17.6 Å². The first kappa shape index (κ1) is 13.3. The third kappa shape index (κ3) is 3.96. The molecule has 1 aliphatic carbocycles. The molecule has 1 fully saturated rings. The maximum atomic E-state index is 12.8. The molecule has 2 nitrogen and oxygen atoms in total. The largest absolute Gasteiger partial charge is 0.413 e. The molecule has 0 saturated heterocycles. The molecule has 1 unspecified atom stereocenters. The van der Waals surface area contributed by atoms with E-state index in [4.69, 9.17) is 0 Å². The predicted octanol–water partition coefficient (Wildman–Crippen LogP) is 3.36. The lowest BCUT2D eigenvalue weighted by Gasteiger charge is -2.19. The van der Waals surface area contributed by atoms with Gasteiger partial charge in [0.15, 0.2) is 6.61 Å². The molecule has 0 aromatic heterocycles. The van der Waals surface area contributed by atoms with E-state index in [0.29, 0.717) is 0 Å². The van der Waals surface area contributed by atoms with Crippen LogP contribution < -0.4 is 5.48 Å². The van der Waals surface area contributed by atoms with Crippen LogP contribution in [0.3, 0.4) is 0 Å². The van der Waals surface area contributed by atoms with Gasteiger partial charge in [-0.25, -0.2) is 4.39 Å². The molecular formula is C12H13F4NO. The molecule has 0 bridgehead atoms. The van der Waals surface area contributed by atoms with Gasteiger partial charge in [0, 0.05) is 0 Å². The van der Waals surface area contributed by atoms with Crippen molar-refractivity contribution in [3.63, 3.8) is 0 Å². The zero-order valence-electron chi connectivity index (χ0n) is 9.51. The smallest absolute Gasteiger partial charge is 0.292 e. The fraction of sp³-hybridized carbons (Fsp3) is 0.500. The molecule has 0 aliphatic heterocycles. The first-order valence-electron chi connectivity index (χ1n) is 5.65. The van der Waals surface area contributed by atoms with Crippen molar-refractivity contribution in [2.45, 2.75) is 25.1 Å². The topological polar surface area (TPSA) is 21.3 Å². The number of alkyl halides is 3. The minimum Gasteiger partial charge on any atom is -0.292 e. The maximum Gasteiger partial charge on any atom is 0.413 e. The lowest BCUT2D eigenvalue weighted by molar-refractivity contribution is -0.194. The van der Waals surface area contributed by atoms with Gasteiger partial charge in [-0.05, 0) is 36.5 Å². The summed E-state index contributed by atoms with van der Waals surface area (Å²) in [5, 5.41) is 0. The molecule has 18 heavy (non-hydrogen) atoms. The Bertz CT molecular complexity index is 386. The van der Waals surface area contributed by atoms with Crippen molar-refractivity contribution in [3.8, 4) is 0 Å². The molecule has 0 radical (unpaired) electrons. The second-order valence-corrected chi connectivity index (χ2v) is 4.39. The predicted molar refractivity (Wildman–Crippen MR) is 57.0 cm³/mol. The molecule has 2 rings (SSSR count). The van der Waals surface area contributed by atoms with Gasteiger partial charge < -0.3 is 0 Å². The van der Waals surface area contributed by atoms with Crippen LogP contribution in [-0.2, 0) is 4.84 Å². The summed E-state index contributed by atoms with van der Waals surface area (Å²) in [6.45, 7) is -1.34. The van der Waals surface area contributed by atoms with Crippen LogP contribution in [0.5, 0.6) is 0 Å². The summed E-state index contributed by atoms with van der Waals surface area (Å²) in [6, 6.07) is 5.38. The number of hydrogen-bond acceptors (Lipinski definition) is 2. The highest BCUT2D eigenvalue weighted by Gasteiger charge is 2.34. The second-order valence-electron chi connectivity index (χ2n) is 4.39. The Morgan fingerprint density at radius 2 is 1.83 bits per heavy atom. The summed E-state index contributed by atoms with van der Waals surface area (Å²) >= 11 is 0. The molecule has 1 aromatic carbocycles. The Labute approximate surface area is 102 Å². The lowest BCUT2D eigenvalue weighted by Crippen LogP contribution is -2.29. The van der Waals surface area contributed by atoms with Gasteiger partial charge in [0.2, 0.25) is 0 Å². The van der Waals surface area contributed by atoms with Crippen molar-refractivity contribution in [1.82, 2.24) is 5.48 Å². The molecule has 0 amide bonds. The lowest BCUT2D eigenvalue weighted by atomic mass is 10.0. The fourth-order valence-electron chi connectivity index (χ4n) is 1.75. The van der Waals surface area contributed by atoms with E-state index in [2.05, 4.69) is 10.3 Å². The minimum absolute atomic E-state index is 0.253. The average molecular weight is 263 g/mol. The van der Waals surface area contributed by atoms with E-state index in [9.17, 15) is 17.6 Å². The highest BCUT2D eigenvalue weighted by molar-refractivity contribution is 5.21. The van der Waals surface area contributed by atoms with Gasteiger partial charge in [0.1, 0.15) is 5.82 Å². The Hall–Kier alpha value is -1.14. The summed E-state index contributed by atoms with van der Waals surface area (Å²) in [7, 11) is 0.